The number of hydrogen-bond acceptors (Lipinski definition) is 2. The van der Waals surface area contributed by atoms with E-state index < -0.39 is 0 Å². The Morgan fingerprint density at radius 1 is 0.750 bits per heavy atom. The van der Waals surface area contributed by atoms with E-state index in [1.807, 2.05) is 0 Å². The minimum absolute atomic E-state index is 0.136. The average Bonchev–Trinajstić information content (AvgIpc) is 3.05. The molecule has 0 aromatic carbocycles. The molecule has 2 heteroatoms. The Labute approximate surface area is 197 Å². The zero-order chi connectivity index (χ0) is 22.9. The van der Waals surface area contributed by atoms with Crippen LogP contribution >= 0.6 is 0 Å². The maximum absolute atomic E-state index is 12.9. The first-order valence-corrected chi connectivity index (χ1v) is 14.0. The summed E-state index contributed by atoms with van der Waals surface area (Å²) >= 11 is 0. The summed E-state index contributed by atoms with van der Waals surface area (Å²) in [5.41, 5.74) is 1.83. The van der Waals surface area contributed by atoms with Crippen LogP contribution in [0.2, 0.25) is 0 Å². The van der Waals surface area contributed by atoms with Crippen molar-refractivity contribution in [1.82, 2.24) is 0 Å². The lowest BCUT2D eigenvalue weighted by molar-refractivity contribution is -0.239. The van der Waals surface area contributed by atoms with Crippen LogP contribution in [0.4, 0.5) is 0 Å². The molecule has 5 saturated carbocycles. The summed E-state index contributed by atoms with van der Waals surface area (Å²) in [6.45, 7) is 18.6. The normalized spacial score (nSPS) is 57.7. The van der Waals surface area contributed by atoms with Crippen LogP contribution in [0.3, 0.4) is 0 Å². The fourth-order valence-corrected chi connectivity index (χ4v) is 11.8. The Morgan fingerprint density at radius 2 is 1.47 bits per heavy atom. The standard InChI is InChI=1S/C30H48O2/c1-25(2)14-16-30-17-15-28(6)19(23(30)24(25)32-18-30)8-9-21-27(5)12-11-22(31)26(3,4)20(27)10-13-29(21,28)7/h19-21,23-24H,8-18H2,1-7H3/t19?,20?,21?,23-,24+,27-,28+,29+,30+/m0/s1. The van der Waals surface area contributed by atoms with Gasteiger partial charge in [0.05, 0.1) is 12.7 Å². The van der Waals surface area contributed by atoms with Gasteiger partial charge in [0.2, 0.25) is 0 Å². The summed E-state index contributed by atoms with van der Waals surface area (Å²) in [5.74, 6) is 3.46. The Bertz CT molecular complexity index is 842. The van der Waals surface area contributed by atoms with E-state index in [2.05, 4.69) is 48.5 Å². The predicted octanol–water partition coefficient (Wildman–Crippen LogP) is 7.45. The van der Waals surface area contributed by atoms with Crippen molar-refractivity contribution in [2.24, 2.45) is 56.2 Å². The highest BCUT2D eigenvalue weighted by Crippen LogP contribution is 2.77. The molecule has 5 aliphatic carbocycles. The topological polar surface area (TPSA) is 26.3 Å². The molecule has 0 N–H and O–H groups in total. The molecule has 1 saturated heterocycles. The second-order valence-electron chi connectivity index (χ2n) is 15.4. The van der Waals surface area contributed by atoms with Gasteiger partial charge in [0.25, 0.3) is 0 Å². The summed E-state index contributed by atoms with van der Waals surface area (Å²) in [4.78, 5) is 12.9. The second-order valence-corrected chi connectivity index (χ2v) is 15.4. The van der Waals surface area contributed by atoms with Crippen LogP contribution in [0, 0.1) is 56.2 Å². The Balaban J connectivity index is 1.40. The van der Waals surface area contributed by atoms with Crippen molar-refractivity contribution < 1.29 is 9.53 Å². The fraction of sp³-hybridized carbons (Fsp3) is 0.967. The van der Waals surface area contributed by atoms with E-state index in [9.17, 15) is 4.79 Å². The largest absolute Gasteiger partial charge is 0.377 e. The van der Waals surface area contributed by atoms with Crippen molar-refractivity contribution in [2.75, 3.05) is 6.61 Å². The van der Waals surface area contributed by atoms with Crippen molar-refractivity contribution in [2.45, 2.75) is 119 Å². The van der Waals surface area contributed by atoms with E-state index in [0.29, 0.717) is 44.9 Å². The average molecular weight is 441 g/mol. The van der Waals surface area contributed by atoms with Gasteiger partial charge >= 0.3 is 0 Å². The van der Waals surface area contributed by atoms with Crippen LogP contribution in [-0.2, 0) is 9.53 Å². The van der Waals surface area contributed by atoms with E-state index in [0.717, 1.165) is 37.2 Å². The molecule has 2 bridgehead atoms. The third-order valence-electron chi connectivity index (χ3n) is 13.9. The van der Waals surface area contributed by atoms with Crippen molar-refractivity contribution in [3.63, 3.8) is 0 Å². The number of rotatable bonds is 0. The van der Waals surface area contributed by atoms with Gasteiger partial charge in [0, 0.05) is 11.8 Å². The second kappa shape index (κ2) is 6.24. The highest BCUT2D eigenvalue weighted by Gasteiger charge is 2.72. The predicted molar refractivity (Wildman–Crippen MR) is 129 cm³/mol. The molecule has 180 valence electrons. The highest BCUT2D eigenvalue weighted by molar-refractivity contribution is 5.85. The van der Waals surface area contributed by atoms with Crippen LogP contribution in [0.25, 0.3) is 0 Å². The molecule has 2 nitrogen and oxygen atoms in total. The minimum Gasteiger partial charge on any atom is -0.377 e. The summed E-state index contributed by atoms with van der Waals surface area (Å²) in [6.07, 6.45) is 13.3. The van der Waals surface area contributed by atoms with Crippen LogP contribution in [0.15, 0.2) is 0 Å². The third-order valence-corrected chi connectivity index (χ3v) is 13.9. The number of ketones is 1. The van der Waals surface area contributed by atoms with E-state index in [1.54, 1.807) is 0 Å². The maximum Gasteiger partial charge on any atom is 0.138 e. The van der Waals surface area contributed by atoms with Crippen molar-refractivity contribution in [1.29, 1.82) is 0 Å². The molecule has 6 aliphatic rings. The van der Waals surface area contributed by atoms with Gasteiger partial charge in [-0.05, 0) is 109 Å². The van der Waals surface area contributed by atoms with Gasteiger partial charge in [-0.3, -0.25) is 4.79 Å². The molecule has 0 aromatic rings. The molecule has 9 atom stereocenters. The number of carbonyl (C=O) groups excluding carboxylic acids is 1. The van der Waals surface area contributed by atoms with E-state index >= 15 is 0 Å². The zero-order valence-corrected chi connectivity index (χ0v) is 22.0. The smallest absolute Gasteiger partial charge is 0.138 e. The third kappa shape index (κ3) is 2.35. The van der Waals surface area contributed by atoms with Gasteiger partial charge in [-0.25, -0.2) is 0 Å². The van der Waals surface area contributed by atoms with Crippen LogP contribution in [0.5, 0.6) is 0 Å². The Hall–Kier alpha value is -0.370. The number of ether oxygens (including phenoxy) is 1. The SMILES string of the molecule is CC1(C)C(=O)CC[C@@]2(C)C1CC[C@]1(C)C2CCC2[C@H]3[C@H]4OC[C@@]3(CCC4(C)C)CC[C@]21C. The van der Waals surface area contributed by atoms with Gasteiger partial charge in [0.1, 0.15) is 5.78 Å². The Morgan fingerprint density at radius 3 is 2.22 bits per heavy atom. The molecule has 1 aliphatic heterocycles. The summed E-state index contributed by atoms with van der Waals surface area (Å²) < 4.78 is 6.70. The highest BCUT2D eigenvalue weighted by atomic mass is 16.5. The number of carbonyl (C=O) groups is 1. The van der Waals surface area contributed by atoms with Gasteiger partial charge in [-0.2, -0.15) is 0 Å². The minimum atomic E-state index is -0.136. The first-order valence-electron chi connectivity index (χ1n) is 14.0. The lowest BCUT2D eigenvalue weighted by Crippen LogP contribution is -2.67. The summed E-state index contributed by atoms with van der Waals surface area (Å²) in [5, 5.41) is 0. The van der Waals surface area contributed by atoms with Crippen molar-refractivity contribution >= 4 is 5.78 Å². The van der Waals surface area contributed by atoms with Gasteiger partial charge in [-0.1, -0.05) is 48.5 Å². The van der Waals surface area contributed by atoms with Crippen LogP contribution in [0.1, 0.15) is 113 Å². The van der Waals surface area contributed by atoms with Gasteiger partial charge in [0.15, 0.2) is 0 Å². The molecular weight excluding hydrogens is 392 g/mol. The van der Waals surface area contributed by atoms with Crippen LogP contribution < -0.4 is 0 Å². The first kappa shape index (κ1) is 22.1. The molecule has 1 heterocycles. The molecule has 6 rings (SSSR count). The quantitative estimate of drug-likeness (QED) is 0.391. The molecule has 0 aromatic heterocycles. The van der Waals surface area contributed by atoms with E-state index in [-0.39, 0.29) is 5.41 Å². The molecule has 0 amide bonds. The molecule has 0 spiro atoms. The van der Waals surface area contributed by atoms with E-state index in [4.69, 9.17) is 4.74 Å². The molecule has 3 unspecified atom stereocenters. The Kier molecular flexibility index (Phi) is 4.31. The lowest BCUT2D eigenvalue weighted by atomic mass is 9.31. The number of fused-ring (bicyclic) bond motifs is 5. The van der Waals surface area contributed by atoms with Crippen molar-refractivity contribution in [3.8, 4) is 0 Å². The maximum atomic E-state index is 12.9. The number of Topliss-reactive ketones (excluding diaryl/α,β-unsaturated/α-hetero) is 1. The van der Waals surface area contributed by atoms with Gasteiger partial charge < -0.3 is 4.74 Å². The summed E-state index contributed by atoms with van der Waals surface area (Å²) in [7, 11) is 0. The van der Waals surface area contributed by atoms with Crippen molar-refractivity contribution in [3.05, 3.63) is 0 Å². The summed E-state index contributed by atoms with van der Waals surface area (Å²) in [6, 6.07) is 0. The number of hydrogen-bond donors (Lipinski definition) is 0. The molecule has 32 heavy (non-hydrogen) atoms. The first-order chi connectivity index (χ1) is 14.8. The van der Waals surface area contributed by atoms with Crippen LogP contribution in [-0.4, -0.2) is 18.5 Å². The van der Waals surface area contributed by atoms with E-state index in [1.165, 1.54) is 51.4 Å². The lowest BCUT2D eigenvalue weighted by Gasteiger charge is -2.72. The monoisotopic (exact) mass is 440 g/mol. The van der Waals surface area contributed by atoms with Gasteiger partial charge in [-0.15, -0.1) is 0 Å². The molecule has 0 radical (unpaired) electrons. The fourth-order valence-electron chi connectivity index (χ4n) is 11.8. The molecular formula is C30H48O2. The zero-order valence-electron chi connectivity index (χ0n) is 22.0. The molecule has 6 fully saturated rings.